The van der Waals surface area contributed by atoms with Crippen molar-refractivity contribution in [2.24, 2.45) is 0 Å². The molecule has 1 rings (SSSR count). The maximum Gasteiger partial charge on any atom is 0.339 e. The fourth-order valence-corrected chi connectivity index (χ4v) is 2.04. The normalized spacial score (nSPS) is 12.8. The molecular weight excluding hydrogens is 256 g/mol. The number of amides is 2. The lowest BCUT2D eigenvalue weighted by molar-refractivity contribution is 0.106. The highest BCUT2D eigenvalue weighted by atomic mass is 32.2. The Morgan fingerprint density at radius 3 is 2.28 bits per heavy atom. The van der Waals surface area contributed by atoms with E-state index in [1.165, 1.54) is 19.2 Å². The molecule has 0 aromatic heterocycles. The van der Waals surface area contributed by atoms with Crippen LogP contribution in [0.3, 0.4) is 0 Å². The van der Waals surface area contributed by atoms with Crippen LogP contribution >= 0.6 is 0 Å². The number of benzene rings is 1. The summed E-state index contributed by atoms with van der Waals surface area (Å²) in [6, 6.07) is 5.63. The lowest BCUT2D eigenvalue weighted by Crippen LogP contribution is -2.36. The van der Waals surface area contributed by atoms with E-state index in [-0.39, 0.29) is 10.9 Å². The summed E-state index contributed by atoms with van der Waals surface area (Å²) < 4.78 is 22.6. The predicted molar refractivity (Wildman–Crippen MR) is 66.6 cm³/mol. The minimum Gasteiger partial charge on any atom is -0.330 e. The number of urea groups is 1. The summed E-state index contributed by atoms with van der Waals surface area (Å²) in [6.45, 7) is 1.78. The molecule has 0 fully saturated rings. The lowest BCUT2D eigenvalue weighted by atomic mass is 10.1. The molecule has 0 bridgehead atoms. The van der Waals surface area contributed by atoms with Crippen LogP contribution in [-0.4, -0.2) is 27.8 Å². The number of hydrogen-bond donors (Lipinski definition) is 2. The molecular formula is C11H16N2O4S. The molecule has 0 aliphatic heterocycles. The second kappa shape index (κ2) is 5.83. The molecule has 100 valence electrons. The van der Waals surface area contributed by atoms with Gasteiger partial charge in [0.25, 0.3) is 0 Å². The van der Waals surface area contributed by atoms with E-state index in [0.29, 0.717) is 0 Å². The molecule has 0 spiro atoms. The van der Waals surface area contributed by atoms with Crippen molar-refractivity contribution in [1.82, 2.24) is 10.8 Å². The van der Waals surface area contributed by atoms with Gasteiger partial charge in [0.05, 0.1) is 18.0 Å². The van der Waals surface area contributed by atoms with Crippen molar-refractivity contribution in [2.45, 2.75) is 17.9 Å². The summed E-state index contributed by atoms with van der Waals surface area (Å²) in [5, 5.41) is 2.63. The van der Waals surface area contributed by atoms with E-state index in [1.54, 1.807) is 19.1 Å². The van der Waals surface area contributed by atoms with Gasteiger partial charge in [-0.15, -0.1) is 0 Å². The number of nitrogens with one attached hydrogen (secondary N) is 2. The van der Waals surface area contributed by atoms with Gasteiger partial charge in [0.1, 0.15) is 0 Å². The number of carbonyl (C=O) groups is 1. The van der Waals surface area contributed by atoms with Crippen molar-refractivity contribution < 1.29 is 18.0 Å². The van der Waals surface area contributed by atoms with Crippen molar-refractivity contribution in [2.75, 3.05) is 13.4 Å². The van der Waals surface area contributed by atoms with Crippen molar-refractivity contribution in [3.05, 3.63) is 29.8 Å². The van der Waals surface area contributed by atoms with Gasteiger partial charge in [-0.1, -0.05) is 12.1 Å². The summed E-state index contributed by atoms with van der Waals surface area (Å²) >= 11 is 0. The van der Waals surface area contributed by atoms with Crippen LogP contribution < -0.4 is 10.8 Å². The molecule has 6 nitrogen and oxygen atoms in total. The highest BCUT2D eigenvalue weighted by molar-refractivity contribution is 7.90. The zero-order valence-corrected chi connectivity index (χ0v) is 11.2. The molecule has 0 unspecified atom stereocenters. The Labute approximate surface area is 106 Å². The molecule has 2 amide bonds. The molecule has 0 aliphatic carbocycles. The molecule has 0 saturated heterocycles. The van der Waals surface area contributed by atoms with Gasteiger partial charge in [-0.2, -0.15) is 0 Å². The molecule has 1 aromatic carbocycles. The van der Waals surface area contributed by atoms with Gasteiger partial charge < -0.3 is 5.32 Å². The minimum atomic E-state index is -3.20. The van der Waals surface area contributed by atoms with Crippen molar-refractivity contribution in [1.29, 1.82) is 0 Å². The van der Waals surface area contributed by atoms with Crippen LogP contribution in [0.2, 0.25) is 0 Å². The van der Waals surface area contributed by atoms with E-state index in [1.807, 2.05) is 0 Å². The highest BCUT2D eigenvalue weighted by Gasteiger charge is 2.11. The van der Waals surface area contributed by atoms with E-state index >= 15 is 0 Å². The van der Waals surface area contributed by atoms with Gasteiger partial charge in [-0.05, 0) is 24.6 Å². The minimum absolute atomic E-state index is 0.250. The quantitative estimate of drug-likeness (QED) is 0.801. The van der Waals surface area contributed by atoms with Gasteiger partial charge in [-0.25, -0.2) is 18.7 Å². The first-order valence-corrected chi connectivity index (χ1v) is 7.13. The summed E-state index contributed by atoms with van der Waals surface area (Å²) in [5.41, 5.74) is 2.94. The fraction of sp³-hybridized carbons (Fsp3) is 0.364. The standard InChI is InChI=1S/C11H16N2O4S/c1-8(12-11(14)13-17-2)9-4-6-10(7-5-9)18(3,15)16/h4-8H,1-3H3,(H2,12,13,14)/t8-/m1/s1. The monoisotopic (exact) mass is 272 g/mol. The number of rotatable bonds is 4. The lowest BCUT2D eigenvalue weighted by Gasteiger charge is -2.14. The second-order valence-corrected chi connectivity index (χ2v) is 5.86. The van der Waals surface area contributed by atoms with Gasteiger partial charge in [0.2, 0.25) is 0 Å². The zero-order chi connectivity index (χ0) is 13.8. The topological polar surface area (TPSA) is 84.5 Å². The number of hydrogen-bond acceptors (Lipinski definition) is 4. The number of sulfone groups is 1. The van der Waals surface area contributed by atoms with Crippen LogP contribution in [0.5, 0.6) is 0 Å². The van der Waals surface area contributed by atoms with Crippen molar-refractivity contribution >= 4 is 15.9 Å². The fourth-order valence-electron chi connectivity index (χ4n) is 1.41. The van der Waals surface area contributed by atoms with Gasteiger partial charge in [0.15, 0.2) is 9.84 Å². The van der Waals surface area contributed by atoms with E-state index in [2.05, 4.69) is 15.6 Å². The Morgan fingerprint density at radius 2 is 1.83 bits per heavy atom. The van der Waals surface area contributed by atoms with Crippen molar-refractivity contribution in [3.8, 4) is 0 Å². The summed E-state index contributed by atoms with van der Waals surface area (Å²) in [7, 11) is -1.86. The van der Waals surface area contributed by atoms with Crippen LogP contribution in [0, 0.1) is 0 Å². The zero-order valence-electron chi connectivity index (χ0n) is 10.4. The smallest absolute Gasteiger partial charge is 0.330 e. The summed E-state index contributed by atoms with van der Waals surface area (Å²) in [4.78, 5) is 15.9. The molecule has 0 aliphatic rings. The Balaban J connectivity index is 2.76. The molecule has 0 heterocycles. The van der Waals surface area contributed by atoms with Gasteiger partial charge in [0, 0.05) is 6.26 Å². The predicted octanol–water partition coefficient (Wildman–Crippen LogP) is 1.01. The number of carbonyl (C=O) groups excluding carboxylic acids is 1. The van der Waals surface area contributed by atoms with Gasteiger partial charge >= 0.3 is 6.03 Å². The molecule has 0 radical (unpaired) electrons. The third kappa shape index (κ3) is 4.01. The SMILES string of the molecule is CONC(=O)N[C@H](C)c1ccc(S(C)(=O)=O)cc1. The third-order valence-corrected chi connectivity index (χ3v) is 3.48. The van der Waals surface area contributed by atoms with Gasteiger partial charge in [-0.3, -0.25) is 4.84 Å². The third-order valence-electron chi connectivity index (χ3n) is 2.35. The van der Waals surface area contributed by atoms with Crippen LogP contribution in [0.15, 0.2) is 29.2 Å². The van der Waals surface area contributed by atoms with E-state index in [0.717, 1.165) is 11.8 Å². The van der Waals surface area contributed by atoms with Crippen molar-refractivity contribution in [3.63, 3.8) is 0 Å². The molecule has 0 saturated carbocycles. The maximum absolute atomic E-state index is 11.3. The first-order valence-electron chi connectivity index (χ1n) is 5.24. The molecule has 1 atom stereocenters. The molecule has 2 N–H and O–H groups in total. The molecule has 7 heteroatoms. The Hall–Kier alpha value is -1.60. The van der Waals surface area contributed by atoms with E-state index < -0.39 is 15.9 Å². The second-order valence-electron chi connectivity index (χ2n) is 3.84. The van der Waals surface area contributed by atoms with Crippen LogP contribution in [0.25, 0.3) is 0 Å². The van der Waals surface area contributed by atoms with Crippen LogP contribution in [0.1, 0.15) is 18.5 Å². The summed E-state index contributed by atoms with van der Waals surface area (Å²) in [5.74, 6) is 0. The van der Waals surface area contributed by atoms with Crippen LogP contribution in [0.4, 0.5) is 4.79 Å². The first-order chi connectivity index (χ1) is 8.34. The Bertz CT molecular complexity index is 510. The largest absolute Gasteiger partial charge is 0.339 e. The first kappa shape index (κ1) is 14.5. The Kier molecular flexibility index (Phi) is 4.69. The highest BCUT2D eigenvalue weighted by Crippen LogP contribution is 2.15. The van der Waals surface area contributed by atoms with Crippen LogP contribution in [-0.2, 0) is 14.7 Å². The summed E-state index contributed by atoms with van der Waals surface area (Å²) in [6.07, 6.45) is 1.15. The Morgan fingerprint density at radius 1 is 1.28 bits per heavy atom. The molecule has 1 aromatic rings. The van der Waals surface area contributed by atoms with E-state index in [4.69, 9.17) is 0 Å². The number of hydroxylamine groups is 1. The maximum atomic E-state index is 11.3. The average Bonchev–Trinajstić information content (AvgIpc) is 2.28. The molecule has 18 heavy (non-hydrogen) atoms. The average molecular weight is 272 g/mol. The van der Waals surface area contributed by atoms with E-state index in [9.17, 15) is 13.2 Å².